The van der Waals surface area contributed by atoms with Crippen LogP contribution in [0.4, 0.5) is 4.79 Å². The fourth-order valence-corrected chi connectivity index (χ4v) is 4.00. The second kappa shape index (κ2) is 6.61. The predicted molar refractivity (Wildman–Crippen MR) is 98.6 cm³/mol. The monoisotopic (exact) mass is 367 g/mol. The quantitative estimate of drug-likeness (QED) is 0.614. The van der Waals surface area contributed by atoms with Crippen molar-refractivity contribution in [1.82, 2.24) is 4.90 Å². The fraction of sp³-hybridized carbons (Fsp3) is 0.526. The van der Waals surface area contributed by atoms with Crippen LogP contribution in [0.25, 0.3) is 5.57 Å². The molecule has 0 saturated carbocycles. The number of amides is 1. The van der Waals surface area contributed by atoms with E-state index in [-0.39, 0.29) is 18.2 Å². The summed E-state index contributed by atoms with van der Waals surface area (Å²) in [7, 11) is 0. The van der Waals surface area contributed by atoms with E-state index in [4.69, 9.17) is 27.9 Å². The number of ether oxygens (including phenoxy) is 1. The molecule has 1 aromatic rings. The summed E-state index contributed by atoms with van der Waals surface area (Å²) in [5.74, 6) is 0. The number of hydrogen-bond acceptors (Lipinski definition) is 2. The van der Waals surface area contributed by atoms with Gasteiger partial charge in [0.1, 0.15) is 5.60 Å². The molecule has 2 bridgehead atoms. The van der Waals surface area contributed by atoms with Crippen LogP contribution >= 0.6 is 23.2 Å². The molecule has 2 heterocycles. The maximum absolute atomic E-state index is 12.6. The van der Waals surface area contributed by atoms with Crippen molar-refractivity contribution in [3.63, 3.8) is 0 Å². The Balaban J connectivity index is 1.90. The Hall–Kier alpha value is -1.19. The van der Waals surface area contributed by atoms with Crippen molar-refractivity contribution in [2.45, 2.75) is 64.1 Å². The molecule has 3 rings (SSSR count). The molecule has 0 radical (unpaired) electrons. The molecule has 2 aliphatic rings. The highest BCUT2D eigenvalue weighted by Gasteiger charge is 2.39. The van der Waals surface area contributed by atoms with Gasteiger partial charge in [-0.15, -0.1) is 0 Å². The normalized spacial score (nSPS) is 23.7. The van der Waals surface area contributed by atoms with Crippen molar-refractivity contribution in [1.29, 1.82) is 0 Å². The number of fused-ring (bicyclic) bond motifs is 2. The fourth-order valence-electron chi connectivity index (χ4n) is 3.58. The Labute approximate surface area is 153 Å². The third-order valence-corrected chi connectivity index (χ3v) is 5.36. The van der Waals surface area contributed by atoms with Crippen LogP contribution in [-0.2, 0) is 4.74 Å². The van der Waals surface area contributed by atoms with Gasteiger partial charge in [0.15, 0.2) is 0 Å². The van der Waals surface area contributed by atoms with E-state index in [1.54, 1.807) is 6.07 Å². The van der Waals surface area contributed by atoms with Gasteiger partial charge in [-0.2, -0.15) is 0 Å². The molecule has 3 nitrogen and oxygen atoms in total. The second-order valence-electron chi connectivity index (χ2n) is 7.54. The molecule has 1 amide bonds. The van der Waals surface area contributed by atoms with Crippen molar-refractivity contribution in [2.75, 3.05) is 0 Å². The van der Waals surface area contributed by atoms with E-state index in [9.17, 15) is 4.79 Å². The zero-order chi connectivity index (χ0) is 17.5. The molecule has 0 aliphatic carbocycles. The Kier molecular flexibility index (Phi) is 4.85. The summed E-state index contributed by atoms with van der Waals surface area (Å²) in [5, 5.41) is 1.16. The minimum atomic E-state index is -0.481. The standard InChI is InChI=1S/C19H23Cl2NO2/c1-19(2,3)24-18(23)22-13-6-4-7-14(22)11-12(10-13)15-8-5-9-16(20)17(15)21/h5,8-10,13-14H,4,6-7,11H2,1-3H3. The Bertz CT molecular complexity index is 678. The van der Waals surface area contributed by atoms with Gasteiger partial charge in [-0.25, -0.2) is 4.79 Å². The zero-order valence-corrected chi connectivity index (χ0v) is 15.8. The van der Waals surface area contributed by atoms with Crippen LogP contribution in [0.3, 0.4) is 0 Å². The summed E-state index contributed by atoms with van der Waals surface area (Å²) < 4.78 is 5.61. The second-order valence-corrected chi connectivity index (χ2v) is 8.32. The zero-order valence-electron chi connectivity index (χ0n) is 14.3. The topological polar surface area (TPSA) is 29.5 Å². The van der Waals surface area contributed by atoms with Gasteiger partial charge in [0.25, 0.3) is 0 Å². The minimum absolute atomic E-state index is 0.0670. The first-order valence-electron chi connectivity index (χ1n) is 8.42. The van der Waals surface area contributed by atoms with Gasteiger partial charge in [0.2, 0.25) is 0 Å². The number of carbonyl (C=O) groups excluding carboxylic acids is 1. The van der Waals surface area contributed by atoms with E-state index in [1.807, 2.05) is 37.8 Å². The van der Waals surface area contributed by atoms with Crippen LogP contribution in [0, 0.1) is 0 Å². The average Bonchev–Trinajstić information content (AvgIpc) is 2.47. The average molecular weight is 368 g/mol. The molecule has 0 spiro atoms. The third kappa shape index (κ3) is 3.57. The number of rotatable bonds is 1. The number of halogens is 2. The first-order chi connectivity index (χ1) is 11.3. The molecular weight excluding hydrogens is 345 g/mol. The predicted octanol–water partition coefficient (Wildman–Crippen LogP) is 5.94. The highest BCUT2D eigenvalue weighted by Crippen LogP contribution is 2.41. The number of benzene rings is 1. The summed E-state index contributed by atoms with van der Waals surface area (Å²) in [6.07, 6.45) is 5.81. The number of nitrogens with zero attached hydrogens (tertiary/aromatic N) is 1. The van der Waals surface area contributed by atoms with Crippen molar-refractivity contribution in [3.8, 4) is 0 Å². The molecular formula is C19H23Cl2NO2. The highest BCUT2D eigenvalue weighted by atomic mass is 35.5. The number of piperidine rings is 1. The lowest BCUT2D eigenvalue weighted by atomic mass is 9.83. The van der Waals surface area contributed by atoms with Gasteiger partial charge in [0.05, 0.1) is 16.1 Å². The largest absolute Gasteiger partial charge is 0.444 e. The van der Waals surface area contributed by atoms with Crippen LogP contribution in [0.1, 0.15) is 52.0 Å². The molecule has 2 atom stereocenters. The first kappa shape index (κ1) is 17.6. The summed E-state index contributed by atoms with van der Waals surface area (Å²) >= 11 is 12.6. The minimum Gasteiger partial charge on any atom is -0.444 e. The number of carbonyl (C=O) groups is 1. The van der Waals surface area contributed by atoms with Gasteiger partial charge >= 0.3 is 6.09 Å². The number of hydrogen-bond donors (Lipinski definition) is 0. The molecule has 24 heavy (non-hydrogen) atoms. The van der Waals surface area contributed by atoms with Crippen LogP contribution < -0.4 is 0 Å². The third-order valence-electron chi connectivity index (χ3n) is 4.54. The SMILES string of the molecule is CC(C)(C)OC(=O)N1C2C=C(c3cccc(Cl)c3Cl)CC1CCC2. The van der Waals surface area contributed by atoms with Crippen LogP contribution in [0.2, 0.25) is 10.0 Å². The molecule has 1 fully saturated rings. The lowest BCUT2D eigenvalue weighted by Crippen LogP contribution is -2.53. The van der Waals surface area contributed by atoms with E-state index in [0.717, 1.165) is 31.2 Å². The molecule has 5 heteroatoms. The molecule has 1 saturated heterocycles. The summed E-state index contributed by atoms with van der Waals surface area (Å²) in [5.41, 5.74) is 1.67. The molecule has 0 N–H and O–H groups in total. The summed E-state index contributed by atoms with van der Waals surface area (Å²) in [6, 6.07) is 5.94. The molecule has 2 aliphatic heterocycles. The maximum atomic E-state index is 12.6. The summed E-state index contributed by atoms with van der Waals surface area (Å²) in [6.45, 7) is 5.70. The molecule has 130 valence electrons. The van der Waals surface area contributed by atoms with E-state index in [2.05, 4.69) is 6.08 Å². The first-order valence-corrected chi connectivity index (χ1v) is 9.18. The van der Waals surface area contributed by atoms with Gasteiger partial charge in [-0.05, 0) is 63.7 Å². The lowest BCUT2D eigenvalue weighted by molar-refractivity contribution is 0.0000875. The van der Waals surface area contributed by atoms with Crippen LogP contribution in [0.15, 0.2) is 24.3 Å². The molecule has 0 aromatic heterocycles. The molecule has 2 unspecified atom stereocenters. The van der Waals surface area contributed by atoms with Gasteiger partial charge < -0.3 is 4.74 Å². The van der Waals surface area contributed by atoms with Gasteiger partial charge in [-0.3, -0.25) is 4.90 Å². The Morgan fingerprint density at radius 2 is 2.00 bits per heavy atom. The smallest absolute Gasteiger partial charge is 0.411 e. The highest BCUT2D eigenvalue weighted by molar-refractivity contribution is 6.43. The van der Waals surface area contributed by atoms with Crippen molar-refractivity contribution in [3.05, 3.63) is 39.9 Å². The van der Waals surface area contributed by atoms with Gasteiger partial charge in [-0.1, -0.05) is 41.4 Å². The summed E-state index contributed by atoms with van der Waals surface area (Å²) in [4.78, 5) is 14.5. The van der Waals surface area contributed by atoms with Crippen molar-refractivity contribution >= 4 is 34.9 Å². The van der Waals surface area contributed by atoms with E-state index in [1.165, 1.54) is 5.57 Å². The van der Waals surface area contributed by atoms with Crippen molar-refractivity contribution in [2.24, 2.45) is 0 Å². The lowest BCUT2D eigenvalue weighted by Gasteiger charge is -2.45. The van der Waals surface area contributed by atoms with E-state index in [0.29, 0.717) is 10.0 Å². The van der Waals surface area contributed by atoms with Crippen molar-refractivity contribution < 1.29 is 9.53 Å². The Morgan fingerprint density at radius 3 is 2.67 bits per heavy atom. The van der Waals surface area contributed by atoms with E-state index < -0.39 is 5.60 Å². The van der Waals surface area contributed by atoms with Gasteiger partial charge in [0, 0.05) is 6.04 Å². The molecule has 1 aromatic carbocycles. The Morgan fingerprint density at radius 1 is 1.25 bits per heavy atom. The van der Waals surface area contributed by atoms with Crippen LogP contribution in [0.5, 0.6) is 0 Å². The van der Waals surface area contributed by atoms with E-state index >= 15 is 0 Å². The van der Waals surface area contributed by atoms with Crippen LogP contribution in [-0.4, -0.2) is 28.7 Å². The maximum Gasteiger partial charge on any atom is 0.411 e.